The predicted molar refractivity (Wildman–Crippen MR) is 93.1 cm³/mol. The minimum absolute atomic E-state index is 0.0920. The molecule has 6 nitrogen and oxygen atoms in total. The number of ether oxygens (including phenoxy) is 1. The van der Waals surface area contributed by atoms with Crippen LogP contribution < -0.4 is 5.69 Å². The van der Waals surface area contributed by atoms with Crippen LogP contribution in [0.2, 0.25) is 0 Å². The van der Waals surface area contributed by atoms with Crippen LogP contribution in [0.5, 0.6) is 0 Å². The molecule has 1 aromatic carbocycles. The van der Waals surface area contributed by atoms with Gasteiger partial charge in [-0.2, -0.15) is 0 Å². The van der Waals surface area contributed by atoms with Gasteiger partial charge in [-0.3, -0.25) is 4.57 Å². The third-order valence-electron chi connectivity index (χ3n) is 4.29. The van der Waals surface area contributed by atoms with E-state index >= 15 is 0 Å². The number of aromatic nitrogens is 2. The molecule has 1 amide bonds. The molecule has 6 heteroatoms. The number of benzene rings is 1. The van der Waals surface area contributed by atoms with Gasteiger partial charge in [0.2, 0.25) is 0 Å². The SMILES string of the molecule is CC(C)(C)OC(=O)N1CCC[C@@H](Cn2c(=O)[nH]c3ccccc32)C1. The molecule has 1 N–H and O–H groups in total. The van der Waals surface area contributed by atoms with E-state index in [0.717, 1.165) is 23.9 Å². The predicted octanol–water partition coefficient (Wildman–Crippen LogP) is 2.98. The highest BCUT2D eigenvalue weighted by Crippen LogP contribution is 2.21. The third kappa shape index (κ3) is 3.63. The number of hydrogen-bond acceptors (Lipinski definition) is 3. The summed E-state index contributed by atoms with van der Waals surface area (Å²) in [6.07, 6.45) is 1.67. The lowest BCUT2D eigenvalue weighted by Crippen LogP contribution is -2.44. The number of fused-ring (bicyclic) bond motifs is 1. The molecule has 2 aromatic rings. The van der Waals surface area contributed by atoms with Crippen LogP contribution in [0, 0.1) is 5.92 Å². The van der Waals surface area contributed by atoms with Crippen molar-refractivity contribution in [3.63, 3.8) is 0 Å². The summed E-state index contributed by atoms with van der Waals surface area (Å²) in [7, 11) is 0. The highest BCUT2D eigenvalue weighted by atomic mass is 16.6. The van der Waals surface area contributed by atoms with Gasteiger partial charge < -0.3 is 14.6 Å². The maximum atomic E-state index is 12.3. The van der Waals surface area contributed by atoms with E-state index in [-0.39, 0.29) is 17.7 Å². The number of nitrogens with one attached hydrogen (secondary N) is 1. The number of carbonyl (C=O) groups is 1. The molecule has 1 aromatic heterocycles. The Morgan fingerprint density at radius 1 is 1.33 bits per heavy atom. The molecule has 2 heterocycles. The molecule has 3 rings (SSSR count). The van der Waals surface area contributed by atoms with Crippen LogP contribution in [-0.2, 0) is 11.3 Å². The van der Waals surface area contributed by atoms with E-state index in [1.807, 2.05) is 45.0 Å². The molecule has 1 aliphatic heterocycles. The number of nitrogens with zero attached hydrogens (tertiary/aromatic N) is 2. The molecule has 1 aliphatic rings. The smallest absolute Gasteiger partial charge is 0.410 e. The van der Waals surface area contributed by atoms with Crippen molar-refractivity contribution in [2.24, 2.45) is 5.92 Å². The van der Waals surface area contributed by atoms with Crippen molar-refractivity contribution in [3.8, 4) is 0 Å². The molecular weight excluding hydrogens is 306 g/mol. The second kappa shape index (κ2) is 6.34. The summed E-state index contributed by atoms with van der Waals surface area (Å²) in [4.78, 5) is 29.1. The number of carbonyl (C=O) groups excluding carboxylic acids is 1. The zero-order valence-electron chi connectivity index (χ0n) is 14.5. The zero-order valence-corrected chi connectivity index (χ0v) is 14.5. The van der Waals surface area contributed by atoms with Crippen LogP contribution in [0.3, 0.4) is 0 Å². The summed E-state index contributed by atoms with van der Waals surface area (Å²) in [6, 6.07) is 7.69. The Balaban J connectivity index is 1.72. The van der Waals surface area contributed by atoms with Gasteiger partial charge >= 0.3 is 11.8 Å². The van der Waals surface area contributed by atoms with Crippen LogP contribution in [-0.4, -0.2) is 39.2 Å². The van der Waals surface area contributed by atoms with Crippen LogP contribution >= 0.6 is 0 Å². The summed E-state index contributed by atoms with van der Waals surface area (Å²) < 4.78 is 7.24. The molecule has 1 fully saturated rings. The Bertz CT molecular complexity index is 785. The van der Waals surface area contributed by atoms with Crippen molar-refractivity contribution >= 4 is 17.1 Å². The Hall–Kier alpha value is -2.24. The van der Waals surface area contributed by atoms with E-state index in [1.54, 1.807) is 9.47 Å². The summed E-state index contributed by atoms with van der Waals surface area (Å²) >= 11 is 0. The average molecular weight is 331 g/mol. The first-order valence-corrected chi connectivity index (χ1v) is 8.49. The summed E-state index contributed by atoms with van der Waals surface area (Å²) in [5.41, 5.74) is 1.18. The Labute approximate surface area is 141 Å². The molecule has 1 atom stereocenters. The van der Waals surface area contributed by atoms with Gasteiger partial charge in [-0.1, -0.05) is 12.1 Å². The van der Waals surface area contributed by atoms with Crippen LogP contribution in [0.25, 0.3) is 11.0 Å². The van der Waals surface area contributed by atoms with E-state index in [2.05, 4.69) is 4.98 Å². The number of piperidine rings is 1. The molecule has 130 valence electrons. The van der Waals surface area contributed by atoms with E-state index in [1.165, 1.54) is 0 Å². The van der Waals surface area contributed by atoms with Crippen molar-refractivity contribution in [2.45, 2.75) is 45.8 Å². The topological polar surface area (TPSA) is 67.3 Å². The lowest BCUT2D eigenvalue weighted by Gasteiger charge is -2.34. The highest BCUT2D eigenvalue weighted by Gasteiger charge is 2.28. The van der Waals surface area contributed by atoms with Gasteiger partial charge in [-0.15, -0.1) is 0 Å². The quantitative estimate of drug-likeness (QED) is 0.920. The number of para-hydroxylation sites is 2. The van der Waals surface area contributed by atoms with Gasteiger partial charge in [-0.05, 0) is 51.7 Å². The van der Waals surface area contributed by atoms with Crippen LogP contribution in [0.15, 0.2) is 29.1 Å². The fourth-order valence-corrected chi connectivity index (χ4v) is 3.25. The summed E-state index contributed by atoms with van der Waals surface area (Å²) in [6.45, 7) is 7.57. The number of imidazole rings is 1. The van der Waals surface area contributed by atoms with Crippen molar-refractivity contribution in [1.82, 2.24) is 14.5 Å². The van der Waals surface area contributed by atoms with Crippen LogP contribution in [0.1, 0.15) is 33.6 Å². The first-order chi connectivity index (χ1) is 11.3. The molecule has 0 radical (unpaired) electrons. The van der Waals surface area contributed by atoms with E-state index in [9.17, 15) is 9.59 Å². The molecule has 0 spiro atoms. The first kappa shape index (κ1) is 16.6. The van der Waals surface area contributed by atoms with Gasteiger partial charge in [0.05, 0.1) is 11.0 Å². The summed E-state index contributed by atoms with van der Waals surface area (Å²) in [5, 5.41) is 0. The van der Waals surface area contributed by atoms with Crippen LogP contribution in [0.4, 0.5) is 4.79 Å². The Kier molecular flexibility index (Phi) is 4.39. The van der Waals surface area contributed by atoms with E-state index in [0.29, 0.717) is 19.6 Å². The number of hydrogen-bond donors (Lipinski definition) is 1. The number of likely N-dealkylation sites (tertiary alicyclic amines) is 1. The molecule has 24 heavy (non-hydrogen) atoms. The largest absolute Gasteiger partial charge is 0.444 e. The molecule has 0 unspecified atom stereocenters. The maximum absolute atomic E-state index is 12.3. The standard InChI is InChI=1S/C18H25N3O3/c1-18(2,3)24-17(23)20-10-6-7-13(11-20)12-21-15-9-5-4-8-14(15)19-16(21)22/h4-5,8-9,13H,6-7,10-12H2,1-3H3,(H,19,22)/t13-/m1/s1. The number of aromatic amines is 1. The highest BCUT2D eigenvalue weighted by molar-refractivity contribution is 5.74. The number of H-pyrrole nitrogens is 1. The lowest BCUT2D eigenvalue weighted by atomic mass is 9.98. The Morgan fingerprint density at radius 2 is 2.08 bits per heavy atom. The van der Waals surface area contributed by atoms with Gasteiger partial charge in [-0.25, -0.2) is 9.59 Å². The third-order valence-corrected chi connectivity index (χ3v) is 4.29. The second-order valence-electron chi connectivity index (χ2n) is 7.49. The van der Waals surface area contributed by atoms with E-state index in [4.69, 9.17) is 4.74 Å². The minimum Gasteiger partial charge on any atom is -0.444 e. The van der Waals surface area contributed by atoms with Crippen molar-refractivity contribution in [1.29, 1.82) is 0 Å². The molecule has 0 aliphatic carbocycles. The maximum Gasteiger partial charge on any atom is 0.410 e. The van der Waals surface area contributed by atoms with Gasteiger partial charge in [0, 0.05) is 19.6 Å². The molecule has 0 saturated carbocycles. The van der Waals surface area contributed by atoms with Gasteiger partial charge in [0.1, 0.15) is 5.60 Å². The molecule has 1 saturated heterocycles. The summed E-state index contributed by atoms with van der Waals surface area (Å²) in [5.74, 6) is 0.253. The first-order valence-electron chi connectivity index (χ1n) is 8.49. The van der Waals surface area contributed by atoms with Crippen molar-refractivity contribution < 1.29 is 9.53 Å². The normalized spacial score (nSPS) is 18.8. The molecule has 0 bridgehead atoms. The Morgan fingerprint density at radius 3 is 2.83 bits per heavy atom. The minimum atomic E-state index is -0.488. The lowest BCUT2D eigenvalue weighted by molar-refractivity contribution is 0.0157. The zero-order chi connectivity index (χ0) is 17.3. The fourth-order valence-electron chi connectivity index (χ4n) is 3.25. The molecular formula is C18H25N3O3. The van der Waals surface area contributed by atoms with Crippen molar-refractivity contribution in [3.05, 3.63) is 34.7 Å². The second-order valence-corrected chi connectivity index (χ2v) is 7.49. The van der Waals surface area contributed by atoms with Crippen molar-refractivity contribution in [2.75, 3.05) is 13.1 Å². The monoisotopic (exact) mass is 331 g/mol. The number of amides is 1. The van der Waals surface area contributed by atoms with E-state index < -0.39 is 5.60 Å². The number of rotatable bonds is 2. The van der Waals surface area contributed by atoms with Gasteiger partial charge in [0.25, 0.3) is 0 Å². The fraction of sp³-hybridized carbons (Fsp3) is 0.556. The average Bonchev–Trinajstić information content (AvgIpc) is 2.82. The van der Waals surface area contributed by atoms with Gasteiger partial charge in [0.15, 0.2) is 0 Å².